The molecule has 0 amide bonds. The van der Waals surface area contributed by atoms with Crippen molar-refractivity contribution >= 4 is 6.21 Å². The highest BCUT2D eigenvalue weighted by Crippen LogP contribution is 2.47. The van der Waals surface area contributed by atoms with Crippen LogP contribution in [0.3, 0.4) is 0 Å². The molecule has 0 spiro atoms. The second-order valence-electron chi connectivity index (χ2n) is 9.76. The average molecular weight is 528 g/mol. The van der Waals surface area contributed by atoms with Crippen molar-refractivity contribution in [3.8, 4) is 22.6 Å². The molecule has 4 aromatic rings. The molecule has 2 aliphatic rings. The summed E-state index contributed by atoms with van der Waals surface area (Å²) in [6.07, 6.45) is -3.49. The second kappa shape index (κ2) is 9.38. The molecule has 0 N–H and O–H groups in total. The number of rotatable bonds is 9. The van der Waals surface area contributed by atoms with Gasteiger partial charge in [-0.05, 0) is 59.0 Å². The van der Waals surface area contributed by atoms with E-state index in [1.165, 1.54) is 12.1 Å². The fourth-order valence-electron chi connectivity index (χ4n) is 4.31. The van der Waals surface area contributed by atoms with Gasteiger partial charge in [0.25, 0.3) is 0 Å². The van der Waals surface area contributed by atoms with Crippen LogP contribution in [-0.2, 0) is 24.4 Å². The Labute approximate surface area is 223 Å². The molecule has 6 rings (SSSR count). The summed E-state index contributed by atoms with van der Waals surface area (Å²) in [5.41, 5.74) is 2.58. The highest BCUT2D eigenvalue weighted by Gasteiger charge is 2.61. The van der Waals surface area contributed by atoms with E-state index in [4.69, 9.17) is 9.47 Å². The minimum atomic E-state index is -4.42. The van der Waals surface area contributed by atoms with Gasteiger partial charge in [0.05, 0.1) is 0 Å². The van der Waals surface area contributed by atoms with Gasteiger partial charge in [0.1, 0.15) is 24.7 Å². The molecule has 8 heteroatoms. The van der Waals surface area contributed by atoms with Gasteiger partial charge in [-0.2, -0.15) is 23.4 Å². The largest absolute Gasteiger partial charge is 0.489 e. The van der Waals surface area contributed by atoms with Crippen LogP contribution in [0.2, 0.25) is 0 Å². The Morgan fingerprint density at radius 2 is 1.03 bits per heavy atom. The van der Waals surface area contributed by atoms with Gasteiger partial charge in [-0.1, -0.05) is 72.8 Å². The number of alkyl halides is 3. The number of nitrogens with zero attached hydrogens (tertiary/aromatic N) is 3. The summed E-state index contributed by atoms with van der Waals surface area (Å²) < 4.78 is 51.4. The predicted octanol–water partition coefficient (Wildman–Crippen LogP) is 7.99. The van der Waals surface area contributed by atoms with Gasteiger partial charge in [-0.3, -0.25) is 4.99 Å². The van der Waals surface area contributed by atoms with E-state index in [-0.39, 0.29) is 17.8 Å². The molecule has 39 heavy (non-hydrogen) atoms. The highest BCUT2D eigenvalue weighted by atomic mass is 19.4. The van der Waals surface area contributed by atoms with Crippen LogP contribution >= 0.6 is 0 Å². The lowest BCUT2D eigenvalue weighted by Gasteiger charge is -2.18. The predicted molar refractivity (Wildman–Crippen MR) is 142 cm³/mol. The Kier molecular flexibility index (Phi) is 5.98. The Balaban J connectivity index is 1.01. The fourth-order valence-corrected chi connectivity index (χ4v) is 4.31. The molecule has 4 aromatic carbocycles. The Hall–Kier alpha value is -4.46. The van der Waals surface area contributed by atoms with Crippen molar-refractivity contribution in [1.82, 2.24) is 0 Å². The summed E-state index contributed by atoms with van der Waals surface area (Å²) in [4.78, 5) is 3.48. The molecule has 5 nitrogen and oxygen atoms in total. The molecule has 0 saturated heterocycles. The maximum atomic E-state index is 13.2. The molecule has 0 bridgehead atoms. The summed E-state index contributed by atoms with van der Waals surface area (Å²) in [5.74, 6) is 1.45. The Morgan fingerprint density at radius 3 is 1.38 bits per heavy atom. The lowest BCUT2D eigenvalue weighted by atomic mass is 9.96. The summed E-state index contributed by atoms with van der Waals surface area (Å²) >= 11 is 0. The molecule has 1 unspecified atom stereocenters. The third-order valence-corrected chi connectivity index (χ3v) is 6.97. The number of halogens is 3. The van der Waals surface area contributed by atoms with E-state index in [0.29, 0.717) is 12.4 Å². The normalized spacial score (nSPS) is 18.6. The zero-order valence-corrected chi connectivity index (χ0v) is 21.0. The SMILES string of the molecule is CC1(c2ccc(COc3ccc(-c4ccc(OCc5ccc(C6(C(F)(F)F)C=N6)cc5)cc4)cc3)cc2)N=N1. The van der Waals surface area contributed by atoms with E-state index in [9.17, 15) is 13.2 Å². The zero-order valence-electron chi connectivity index (χ0n) is 21.0. The van der Waals surface area contributed by atoms with Gasteiger partial charge in [-0.15, -0.1) is 0 Å². The summed E-state index contributed by atoms with van der Waals surface area (Å²) in [6, 6.07) is 29.9. The van der Waals surface area contributed by atoms with Gasteiger partial charge in [-0.25, -0.2) is 0 Å². The first-order valence-electron chi connectivity index (χ1n) is 12.5. The lowest BCUT2D eigenvalue weighted by Crippen LogP contribution is -2.31. The monoisotopic (exact) mass is 527 g/mol. The van der Waals surface area contributed by atoms with Crippen molar-refractivity contribution in [2.24, 2.45) is 15.2 Å². The molecular weight excluding hydrogens is 503 g/mol. The highest BCUT2D eigenvalue weighted by molar-refractivity contribution is 5.87. The van der Waals surface area contributed by atoms with Crippen LogP contribution in [0.1, 0.15) is 29.2 Å². The third-order valence-electron chi connectivity index (χ3n) is 6.97. The van der Waals surface area contributed by atoms with E-state index in [1.54, 1.807) is 12.1 Å². The van der Waals surface area contributed by atoms with Crippen molar-refractivity contribution in [1.29, 1.82) is 0 Å². The number of ether oxygens (including phenoxy) is 2. The van der Waals surface area contributed by atoms with Crippen molar-refractivity contribution in [3.63, 3.8) is 0 Å². The van der Waals surface area contributed by atoms with Gasteiger partial charge < -0.3 is 9.47 Å². The van der Waals surface area contributed by atoms with Crippen molar-refractivity contribution < 1.29 is 22.6 Å². The van der Waals surface area contributed by atoms with E-state index >= 15 is 0 Å². The van der Waals surface area contributed by atoms with E-state index < -0.39 is 11.7 Å². The molecule has 0 aliphatic carbocycles. The van der Waals surface area contributed by atoms with Crippen molar-refractivity contribution in [3.05, 3.63) is 119 Å². The summed E-state index contributed by atoms with van der Waals surface area (Å²) in [5, 5.41) is 8.12. The standard InChI is InChI=1S/C31H24F3N3O2/c1-29(36-37-29)25-10-2-21(3-11-25)18-38-27-14-6-23(7-15-27)24-8-16-28(17-9-24)39-19-22-4-12-26(13-5-22)30(20-35-30)31(32,33)34/h2-17,20H,18-19H2,1H3. The molecule has 196 valence electrons. The van der Waals surface area contributed by atoms with Gasteiger partial charge in [0.15, 0.2) is 0 Å². The fraction of sp³-hybridized carbons (Fsp3) is 0.194. The molecule has 0 saturated carbocycles. The summed E-state index contributed by atoms with van der Waals surface area (Å²) in [7, 11) is 0. The van der Waals surface area contributed by atoms with Crippen LogP contribution in [0, 0.1) is 0 Å². The van der Waals surface area contributed by atoms with Crippen LogP contribution < -0.4 is 9.47 Å². The molecule has 0 fully saturated rings. The Morgan fingerprint density at radius 1 is 0.615 bits per heavy atom. The molecular formula is C31H24F3N3O2. The van der Waals surface area contributed by atoms with Crippen LogP contribution in [0.5, 0.6) is 11.5 Å². The number of aliphatic imine (C=N–C) groups is 1. The van der Waals surface area contributed by atoms with Crippen LogP contribution in [0.25, 0.3) is 11.1 Å². The van der Waals surface area contributed by atoms with Crippen LogP contribution in [-0.4, -0.2) is 12.4 Å². The van der Waals surface area contributed by atoms with Crippen molar-refractivity contribution in [2.75, 3.05) is 0 Å². The topological polar surface area (TPSA) is 55.5 Å². The second-order valence-corrected chi connectivity index (χ2v) is 9.76. The maximum Gasteiger partial charge on any atom is 0.422 e. The Bertz CT molecular complexity index is 1520. The quantitative estimate of drug-likeness (QED) is 0.222. The number of hydrogen-bond acceptors (Lipinski definition) is 5. The van der Waals surface area contributed by atoms with Gasteiger partial charge >= 0.3 is 6.18 Å². The summed E-state index contributed by atoms with van der Waals surface area (Å²) in [6.45, 7) is 2.70. The maximum absolute atomic E-state index is 13.2. The minimum Gasteiger partial charge on any atom is -0.489 e. The van der Waals surface area contributed by atoms with Crippen molar-refractivity contribution in [2.45, 2.75) is 37.5 Å². The van der Waals surface area contributed by atoms with Gasteiger partial charge in [0.2, 0.25) is 11.2 Å². The van der Waals surface area contributed by atoms with E-state index in [0.717, 1.165) is 39.8 Å². The number of benzene rings is 4. The van der Waals surface area contributed by atoms with Crippen LogP contribution in [0.4, 0.5) is 13.2 Å². The van der Waals surface area contributed by atoms with E-state index in [1.807, 2.05) is 79.7 Å². The molecule has 0 radical (unpaired) electrons. The molecule has 1 atom stereocenters. The van der Waals surface area contributed by atoms with Gasteiger partial charge in [0, 0.05) is 11.8 Å². The first-order chi connectivity index (χ1) is 18.7. The third kappa shape index (κ3) is 5.14. The lowest BCUT2D eigenvalue weighted by molar-refractivity contribution is -0.156. The average Bonchev–Trinajstić information content (AvgIpc) is 3.89. The zero-order chi connectivity index (χ0) is 27.1. The smallest absolute Gasteiger partial charge is 0.422 e. The minimum absolute atomic E-state index is 0.116. The molecule has 2 aliphatic heterocycles. The van der Waals surface area contributed by atoms with E-state index in [2.05, 4.69) is 15.2 Å². The molecule has 0 aromatic heterocycles. The van der Waals surface area contributed by atoms with Crippen LogP contribution in [0.15, 0.2) is 112 Å². The molecule has 2 heterocycles. The first kappa shape index (κ1) is 24.9. The number of hydrogen-bond donors (Lipinski definition) is 0. The first-order valence-corrected chi connectivity index (χ1v) is 12.5.